The lowest BCUT2D eigenvalue weighted by Gasteiger charge is -2.61. The van der Waals surface area contributed by atoms with Gasteiger partial charge in [-0.1, -0.05) is 104 Å². The van der Waals surface area contributed by atoms with Crippen molar-refractivity contribution in [2.45, 2.75) is 126 Å². The molecule has 4 rings (SSSR count). The van der Waals surface area contributed by atoms with E-state index >= 15 is 0 Å². The first-order valence-corrected chi connectivity index (χ1v) is 17.0. The number of nitriles is 1. The minimum absolute atomic E-state index is 0.00621. The SMILES string of the molecule is CC(=O)/C=C1/[C@@]2(C)C=C(C#N)C(=O)C(C)(C)[C@@H]2CC[C@@]1(C)C(C)(C)CC[C@@]1(NC(=O)Cc2ccccc2)CCC(C)(C)CC1C. The van der Waals surface area contributed by atoms with E-state index in [9.17, 15) is 19.6 Å². The zero-order valence-electron chi connectivity index (χ0n) is 29.5. The van der Waals surface area contributed by atoms with E-state index < -0.39 is 10.8 Å². The minimum atomic E-state index is -0.701. The predicted octanol–water partition coefficient (Wildman–Crippen LogP) is 8.73. The Morgan fingerprint density at radius 3 is 2.27 bits per heavy atom. The Morgan fingerprint density at radius 2 is 1.69 bits per heavy atom. The van der Waals surface area contributed by atoms with Crippen LogP contribution in [0.25, 0.3) is 0 Å². The third kappa shape index (κ3) is 6.36. The van der Waals surface area contributed by atoms with E-state index in [2.05, 4.69) is 59.9 Å². The molecule has 0 radical (unpaired) electrons. The molecule has 1 N–H and O–H groups in total. The lowest BCUT2D eigenvalue weighted by atomic mass is 9.42. The standard InChI is InChI=1S/C40H56N2O3/c1-27-24-35(3,4)18-20-40(27,42-33(44)23-29-14-12-11-13-15-29)21-19-36(5,6)39(10)17-16-31-37(7,8)34(45)30(26-41)25-38(31,9)32(39)22-28(2)43/h11-15,22,25,27,31H,16-21,23-24H2,1-10H3,(H,42,44)/b32-22-/t27?,31-,38-,39+,40-/m0/s1. The Morgan fingerprint density at radius 1 is 1.04 bits per heavy atom. The van der Waals surface area contributed by atoms with Crippen LogP contribution >= 0.6 is 0 Å². The monoisotopic (exact) mass is 612 g/mol. The first-order valence-electron chi connectivity index (χ1n) is 17.0. The number of hydrogen-bond acceptors (Lipinski definition) is 4. The number of carbonyl (C=O) groups is 3. The molecule has 0 aliphatic heterocycles. The highest BCUT2D eigenvalue weighted by atomic mass is 16.2. The molecule has 5 heteroatoms. The number of nitrogens with one attached hydrogen (secondary N) is 1. The van der Waals surface area contributed by atoms with Crippen LogP contribution in [0.3, 0.4) is 0 Å². The molecule has 244 valence electrons. The molecular formula is C40H56N2O3. The Bertz CT molecular complexity index is 1440. The molecule has 1 aromatic carbocycles. The van der Waals surface area contributed by atoms with E-state index in [-0.39, 0.29) is 50.7 Å². The van der Waals surface area contributed by atoms with E-state index in [4.69, 9.17) is 0 Å². The van der Waals surface area contributed by atoms with Gasteiger partial charge in [0, 0.05) is 16.4 Å². The minimum Gasteiger partial charge on any atom is -0.350 e. The Balaban J connectivity index is 1.70. The van der Waals surface area contributed by atoms with Crippen LogP contribution < -0.4 is 5.32 Å². The van der Waals surface area contributed by atoms with E-state index in [1.165, 1.54) is 0 Å². The van der Waals surface area contributed by atoms with Gasteiger partial charge in [0.05, 0.1) is 12.0 Å². The molecule has 1 amide bonds. The zero-order valence-corrected chi connectivity index (χ0v) is 29.5. The fourth-order valence-electron chi connectivity index (χ4n) is 9.58. The molecule has 0 aromatic heterocycles. The van der Waals surface area contributed by atoms with Crippen molar-refractivity contribution < 1.29 is 14.4 Å². The maximum absolute atomic E-state index is 13.6. The first-order chi connectivity index (χ1) is 20.7. The Hall–Kier alpha value is -3.00. The molecule has 0 spiro atoms. The van der Waals surface area contributed by atoms with Gasteiger partial charge in [-0.3, -0.25) is 14.4 Å². The van der Waals surface area contributed by atoms with Crippen molar-refractivity contribution in [1.29, 1.82) is 5.26 Å². The van der Waals surface area contributed by atoms with Gasteiger partial charge < -0.3 is 5.32 Å². The van der Waals surface area contributed by atoms with Crippen LogP contribution in [0.2, 0.25) is 0 Å². The van der Waals surface area contributed by atoms with Crippen molar-refractivity contribution in [3.8, 4) is 6.07 Å². The molecule has 0 saturated heterocycles. The molecule has 3 aliphatic carbocycles. The number of amides is 1. The van der Waals surface area contributed by atoms with E-state index in [0.717, 1.165) is 56.1 Å². The summed E-state index contributed by atoms with van der Waals surface area (Å²) < 4.78 is 0. The molecule has 5 nitrogen and oxygen atoms in total. The highest BCUT2D eigenvalue weighted by Gasteiger charge is 2.61. The fourth-order valence-corrected chi connectivity index (χ4v) is 9.58. The topological polar surface area (TPSA) is 87.0 Å². The van der Waals surface area contributed by atoms with Gasteiger partial charge >= 0.3 is 0 Å². The van der Waals surface area contributed by atoms with Crippen LogP contribution in [-0.4, -0.2) is 23.0 Å². The molecule has 45 heavy (non-hydrogen) atoms. The van der Waals surface area contributed by atoms with Crippen LogP contribution in [-0.2, 0) is 20.8 Å². The van der Waals surface area contributed by atoms with Crippen molar-refractivity contribution in [1.82, 2.24) is 5.32 Å². The number of carbonyl (C=O) groups excluding carboxylic acids is 3. The molecule has 5 atom stereocenters. The molecular weight excluding hydrogens is 556 g/mol. The number of fused-ring (bicyclic) bond motifs is 1. The van der Waals surface area contributed by atoms with Crippen molar-refractivity contribution in [3.63, 3.8) is 0 Å². The maximum Gasteiger partial charge on any atom is 0.224 e. The molecule has 2 fully saturated rings. The van der Waals surface area contributed by atoms with Gasteiger partial charge in [0.15, 0.2) is 11.6 Å². The summed E-state index contributed by atoms with van der Waals surface area (Å²) in [5.41, 5.74) is 0.288. The van der Waals surface area contributed by atoms with Crippen molar-refractivity contribution >= 4 is 17.5 Å². The zero-order chi connectivity index (χ0) is 33.6. The van der Waals surface area contributed by atoms with Crippen LogP contribution in [0.5, 0.6) is 0 Å². The number of hydrogen-bond donors (Lipinski definition) is 1. The smallest absolute Gasteiger partial charge is 0.224 e. The van der Waals surface area contributed by atoms with Crippen molar-refractivity contribution in [2.24, 2.45) is 38.9 Å². The maximum atomic E-state index is 13.6. The third-order valence-electron chi connectivity index (χ3n) is 12.8. The van der Waals surface area contributed by atoms with Crippen molar-refractivity contribution in [2.75, 3.05) is 0 Å². The average Bonchev–Trinajstić information content (AvgIpc) is 2.94. The normalized spacial score (nSPS) is 33.5. The lowest BCUT2D eigenvalue weighted by molar-refractivity contribution is -0.131. The highest BCUT2D eigenvalue weighted by molar-refractivity contribution is 6.04. The molecule has 1 aromatic rings. The number of allylic oxidation sites excluding steroid dienone is 4. The van der Waals surface area contributed by atoms with Crippen LogP contribution in [0, 0.1) is 50.2 Å². The number of Topliss-reactive ketones (excluding diaryl/α,β-unsaturated/α-hetero) is 1. The van der Waals surface area contributed by atoms with Gasteiger partial charge in [-0.15, -0.1) is 0 Å². The first kappa shape index (κ1) is 34.9. The third-order valence-corrected chi connectivity index (χ3v) is 12.8. The van der Waals surface area contributed by atoms with Crippen LogP contribution in [0.15, 0.2) is 53.6 Å². The molecule has 0 bridgehead atoms. The summed E-state index contributed by atoms with van der Waals surface area (Å²) in [5.74, 6) is 0.276. The van der Waals surface area contributed by atoms with Gasteiger partial charge in [0.1, 0.15) is 6.07 Å². The van der Waals surface area contributed by atoms with E-state index in [0.29, 0.717) is 12.3 Å². The van der Waals surface area contributed by atoms with Gasteiger partial charge in [-0.25, -0.2) is 0 Å². The second-order valence-electron chi connectivity index (χ2n) is 17.1. The summed E-state index contributed by atoms with van der Waals surface area (Å²) in [6, 6.07) is 12.1. The van der Waals surface area contributed by atoms with Gasteiger partial charge in [-0.05, 0) is 91.6 Å². The number of rotatable bonds is 8. The highest BCUT2D eigenvalue weighted by Crippen LogP contribution is 2.67. The summed E-state index contributed by atoms with van der Waals surface area (Å²) >= 11 is 0. The Labute approximate surface area is 272 Å². The summed E-state index contributed by atoms with van der Waals surface area (Å²) in [6.45, 7) is 21.6. The summed E-state index contributed by atoms with van der Waals surface area (Å²) in [6.07, 6.45) is 10.5. The molecule has 0 heterocycles. The summed E-state index contributed by atoms with van der Waals surface area (Å²) in [5, 5.41) is 13.6. The predicted molar refractivity (Wildman–Crippen MR) is 181 cm³/mol. The number of ketones is 2. The largest absolute Gasteiger partial charge is 0.350 e. The number of benzene rings is 1. The van der Waals surface area contributed by atoms with E-state index in [1.807, 2.05) is 56.3 Å². The van der Waals surface area contributed by atoms with E-state index in [1.54, 1.807) is 6.92 Å². The molecule has 2 saturated carbocycles. The van der Waals surface area contributed by atoms with Crippen LogP contribution in [0.1, 0.15) is 120 Å². The quantitative estimate of drug-likeness (QED) is 0.297. The lowest BCUT2D eigenvalue weighted by Crippen LogP contribution is -2.58. The molecule has 3 aliphatic rings. The Kier molecular flexibility index (Phi) is 9.28. The van der Waals surface area contributed by atoms with Gasteiger partial charge in [0.25, 0.3) is 0 Å². The molecule has 1 unspecified atom stereocenters. The average molecular weight is 613 g/mol. The van der Waals surface area contributed by atoms with Crippen LogP contribution in [0.4, 0.5) is 0 Å². The second-order valence-corrected chi connectivity index (χ2v) is 17.1. The summed E-state index contributed by atoms with van der Waals surface area (Å²) in [7, 11) is 0. The number of nitrogens with zero attached hydrogens (tertiary/aromatic N) is 1. The summed E-state index contributed by atoms with van der Waals surface area (Å²) in [4.78, 5) is 39.8. The second kappa shape index (κ2) is 12.0. The van der Waals surface area contributed by atoms with Crippen molar-refractivity contribution in [3.05, 3.63) is 59.2 Å². The van der Waals surface area contributed by atoms with Gasteiger partial charge in [-0.2, -0.15) is 5.26 Å². The van der Waals surface area contributed by atoms with Gasteiger partial charge in [0.2, 0.25) is 5.91 Å². The fraction of sp³-hybridized carbons (Fsp3) is 0.650.